The van der Waals surface area contributed by atoms with Crippen molar-refractivity contribution in [2.45, 2.75) is 23.5 Å². The third-order valence-corrected chi connectivity index (χ3v) is 8.26. The van der Waals surface area contributed by atoms with Gasteiger partial charge in [-0.2, -0.15) is 0 Å². The number of amides is 4. The van der Waals surface area contributed by atoms with E-state index in [4.69, 9.17) is 16.3 Å². The van der Waals surface area contributed by atoms with Gasteiger partial charge in [-0.25, -0.2) is 4.90 Å². The highest BCUT2D eigenvalue weighted by Gasteiger charge is 2.40. The summed E-state index contributed by atoms with van der Waals surface area (Å²) in [5.41, 5.74) is 3.11. The Morgan fingerprint density at radius 3 is 2.41 bits per heavy atom. The molecule has 1 fully saturated rings. The van der Waals surface area contributed by atoms with E-state index in [1.807, 2.05) is 31.2 Å². The van der Waals surface area contributed by atoms with Gasteiger partial charge in [0.1, 0.15) is 11.4 Å². The summed E-state index contributed by atoms with van der Waals surface area (Å²) in [7, 11) is 1.48. The molecular weight excluding hydrogens is 598 g/mol. The number of carbonyl (C=O) groups excluding carboxylic acids is 4. The van der Waals surface area contributed by atoms with Crippen LogP contribution in [0, 0.1) is 6.92 Å². The van der Waals surface area contributed by atoms with Gasteiger partial charge in [-0.15, -0.1) is 11.8 Å². The molecule has 0 radical (unpaired) electrons. The number of carbonyl (C=O) groups is 4. The van der Waals surface area contributed by atoms with E-state index >= 15 is 0 Å². The van der Waals surface area contributed by atoms with E-state index in [2.05, 4.69) is 10.6 Å². The summed E-state index contributed by atoms with van der Waals surface area (Å²) in [5.74, 6) is -1.20. The molecule has 222 valence electrons. The SMILES string of the molecule is COc1ccc(N2C(=O)C[C@@H](Sc3cccc(NC(=O)/C(=C/c4ccc(C)cc4)NC(=O)c4ccccc4)c3)C2=O)cc1Cl. The zero-order valence-electron chi connectivity index (χ0n) is 23.9. The number of nitrogens with zero attached hydrogens (tertiary/aromatic N) is 1. The second-order valence-electron chi connectivity index (χ2n) is 9.97. The fraction of sp³-hybridized carbons (Fsp3) is 0.118. The summed E-state index contributed by atoms with van der Waals surface area (Å²) in [5, 5.41) is 5.21. The van der Waals surface area contributed by atoms with E-state index in [9.17, 15) is 19.2 Å². The average molecular weight is 626 g/mol. The monoisotopic (exact) mass is 625 g/mol. The molecule has 8 nitrogen and oxygen atoms in total. The molecule has 0 unspecified atom stereocenters. The molecule has 0 saturated carbocycles. The molecule has 5 rings (SSSR count). The lowest BCUT2D eigenvalue weighted by molar-refractivity contribution is -0.121. The Morgan fingerprint density at radius 1 is 0.955 bits per heavy atom. The minimum Gasteiger partial charge on any atom is -0.495 e. The fourth-order valence-corrected chi connectivity index (χ4v) is 5.91. The predicted molar refractivity (Wildman–Crippen MR) is 173 cm³/mol. The predicted octanol–water partition coefficient (Wildman–Crippen LogP) is 6.49. The lowest BCUT2D eigenvalue weighted by Crippen LogP contribution is -2.31. The number of hydrogen-bond acceptors (Lipinski definition) is 6. The third kappa shape index (κ3) is 7.19. The van der Waals surface area contributed by atoms with Crippen LogP contribution in [0.2, 0.25) is 5.02 Å². The minimum absolute atomic E-state index is 0.0126. The number of rotatable bonds is 9. The molecule has 10 heteroatoms. The van der Waals surface area contributed by atoms with Crippen LogP contribution in [0.5, 0.6) is 5.75 Å². The molecule has 0 spiro atoms. The number of imide groups is 1. The highest BCUT2D eigenvalue weighted by atomic mass is 35.5. The molecule has 1 atom stereocenters. The zero-order chi connectivity index (χ0) is 31.2. The standard InChI is InChI=1S/C34H28ClN3O5S/c1-21-11-13-22(14-12-21)17-28(37-32(40)23-7-4-3-5-8-23)33(41)36-24-9-6-10-26(18-24)44-30-20-31(39)38(34(30)42)25-15-16-29(43-2)27(35)19-25/h3-19,30H,20H2,1-2H3,(H,36,41)(H,37,40)/b28-17-/t30-/m1/s1. The van der Waals surface area contributed by atoms with Crippen molar-refractivity contribution in [3.8, 4) is 5.75 Å². The fourth-order valence-electron chi connectivity index (χ4n) is 4.54. The van der Waals surface area contributed by atoms with E-state index in [0.29, 0.717) is 32.6 Å². The molecule has 0 aliphatic carbocycles. The van der Waals surface area contributed by atoms with Crippen LogP contribution in [0.25, 0.3) is 6.08 Å². The highest BCUT2D eigenvalue weighted by molar-refractivity contribution is 8.00. The first-order chi connectivity index (χ1) is 21.2. The molecule has 4 aromatic rings. The summed E-state index contributed by atoms with van der Waals surface area (Å²) < 4.78 is 5.16. The first-order valence-electron chi connectivity index (χ1n) is 13.6. The summed E-state index contributed by atoms with van der Waals surface area (Å²) in [6.07, 6.45) is 1.62. The maximum absolute atomic E-state index is 13.4. The number of nitrogens with one attached hydrogen (secondary N) is 2. The first-order valence-corrected chi connectivity index (χ1v) is 14.9. The topological polar surface area (TPSA) is 105 Å². The van der Waals surface area contributed by atoms with Crippen LogP contribution in [0.4, 0.5) is 11.4 Å². The number of thioether (sulfide) groups is 1. The molecule has 4 amide bonds. The Labute approximate surface area is 264 Å². The van der Waals surface area contributed by atoms with Crippen LogP contribution in [-0.4, -0.2) is 36.0 Å². The number of ether oxygens (including phenoxy) is 1. The number of aryl methyl sites for hydroxylation is 1. The second kappa shape index (κ2) is 13.6. The number of methoxy groups -OCH3 is 1. The Balaban J connectivity index is 1.32. The molecule has 2 N–H and O–H groups in total. The van der Waals surface area contributed by atoms with Gasteiger partial charge in [-0.3, -0.25) is 19.2 Å². The molecule has 1 saturated heterocycles. The van der Waals surface area contributed by atoms with Crippen molar-refractivity contribution in [3.63, 3.8) is 0 Å². The van der Waals surface area contributed by atoms with Gasteiger partial charge < -0.3 is 15.4 Å². The highest BCUT2D eigenvalue weighted by Crippen LogP contribution is 2.37. The summed E-state index contributed by atoms with van der Waals surface area (Å²) >= 11 is 7.45. The lowest BCUT2D eigenvalue weighted by Gasteiger charge is -2.16. The minimum atomic E-state index is -0.656. The van der Waals surface area contributed by atoms with Gasteiger partial charge in [-0.1, -0.05) is 65.7 Å². The number of hydrogen-bond donors (Lipinski definition) is 2. The van der Waals surface area contributed by atoms with Crippen LogP contribution >= 0.6 is 23.4 Å². The Kier molecular flexibility index (Phi) is 9.47. The Hall–Kier alpha value is -4.86. The van der Waals surface area contributed by atoms with Crippen LogP contribution in [0.3, 0.4) is 0 Å². The Bertz CT molecular complexity index is 1760. The molecular formula is C34H28ClN3O5S. The summed E-state index contributed by atoms with van der Waals surface area (Å²) in [4.78, 5) is 54.3. The van der Waals surface area contributed by atoms with Gasteiger partial charge in [0.15, 0.2) is 0 Å². The molecule has 4 aromatic carbocycles. The van der Waals surface area contributed by atoms with Gasteiger partial charge >= 0.3 is 0 Å². The third-order valence-electron chi connectivity index (χ3n) is 6.79. The van der Waals surface area contributed by atoms with Gasteiger partial charge in [0.05, 0.1) is 23.1 Å². The zero-order valence-corrected chi connectivity index (χ0v) is 25.4. The maximum Gasteiger partial charge on any atom is 0.272 e. The van der Waals surface area contributed by atoms with E-state index < -0.39 is 17.1 Å². The Morgan fingerprint density at radius 2 is 1.70 bits per heavy atom. The van der Waals surface area contributed by atoms with E-state index in [1.54, 1.807) is 72.8 Å². The average Bonchev–Trinajstić information content (AvgIpc) is 3.30. The lowest BCUT2D eigenvalue weighted by atomic mass is 10.1. The van der Waals surface area contributed by atoms with Crippen molar-refractivity contribution < 1.29 is 23.9 Å². The van der Waals surface area contributed by atoms with E-state index in [0.717, 1.165) is 16.0 Å². The van der Waals surface area contributed by atoms with Crippen molar-refractivity contribution in [1.82, 2.24) is 5.32 Å². The van der Waals surface area contributed by atoms with E-state index in [1.165, 1.54) is 24.9 Å². The van der Waals surface area contributed by atoms with Crippen LogP contribution in [0.1, 0.15) is 27.9 Å². The van der Waals surface area contributed by atoms with Crippen LogP contribution in [-0.2, 0) is 14.4 Å². The van der Waals surface area contributed by atoms with Crippen LogP contribution < -0.4 is 20.3 Å². The molecule has 0 aromatic heterocycles. The normalized spacial score (nSPS) is 14.8. The molecule has 1 aliphatic heterocycles. The van der Waals surface area contributed by atoms with Crippen molar-refractivity contribution in [2.75, 3.05) is 17.3 Å². The molecule has 1 heterocycles. The van der Waals surface area contributed by atoms with Gasteiger partial charge in [0.25, 0.3) is 11.8 Å². The van der Waals surface area contributed by atoms with Crippen LogP contribution in [0.15, 0.2) is 108 Å². The second-order valence-corrected chi connectivity index (χ2v) is 11.7. The van der Waals surface area contributed by atoms with E-state index in [-0.39, 0.29) is 23.9 Å². The van der Waals surface area contributed by atoms with Gasteiger partial charge in [-0.05, 0) is 67.1 Å². The number of anilines is 2. The van der Waals surface area contributed by atoms with Crippen molar-refractivity contribution >= 4 is 64.4 Å². The van der Waals surface area contributed by atoms with Crippen molar-refractivity contribution in [2.24, 2.45) is 0 Å². The molecule has 1 aliphatic rings. The first kappa shape index (κ1) is 30.6. The number of benzene rings is 4. The van der Waals surface area contributed by atoms with Crippen molar-refractivity contribution in [3.05, 3.63) is 124 Å². The number of halogens is 1. The smallest absolute Gasteiger partial charge is 0.272 e. The quantitative estimate of drug-likeness (QED) is 0.163. The summed E-state index contributed by atoms with van der Waals surface area (Å²) in [6, 6.07) is 27.9. The molecule has 44 heavy (non-hydrogen) atoms. The molecule has 0 bridgehead atoms. The maximum atomic E-state index is 13.4. The summed E-state index contributed by atoms with van der Waals surface area (Å²) in [6.45, 7) is 1.96. The van der Waals surface area contributed by atoms with Crippen molar-refractivity contribution in [1.29, 1.82) is 0 Å². The largest absolute Gasteiger partial charge is 0.495 e. The van der Waals surface area contributed by atoms with Gasteiger partial charge in [0.2, 0.25) is 11.8 Å². The van der Waals surface area contributed by atoms with Gasteiger partial charge in [0, 0.05) is 22.6 Å².